The van der Waals surface area contributed by atoms with Gasteiger partial charge in [0.1, 0.15) is 5.82 Å². The van der Waals surface area contributed by atoms with E-state index in [-0.39, 0.29) is 0 Å². The lowest BCUT2D eigenvalue weighted by Crippen LogP contribution is -1.89. The number of benzene rings is 3. The van der Waals surface area contributed by atoms with E-state index in [0.29, 0.717) is 5.82 Å². The molecule has 0 atom stereocenters. The first-order valence-corrected chi connectivity index (χ1v) is 9.37. The van der Waals surface area contributed by atoms with Crippen molar-refractivity contribution in [3.63, 3.8) is 0 Å². The molecule has 0 bridgehead atoms. The molecule has 1 heterocycles. The number of nitrogens with zero attached hydrogens (tertiary/aromatic N) is 1. The van der Waals surface area contributed by atoms with Gasteiger partial charge >= 0.3 is 0 Å². The van der Waals surface area contributed by atoms with Crippen molar-refractivity contribution >= 4 is 29.3 Å². The number of hydrogen-bond acceptors (Lipinski definition) is 3. The summed E-state index contributed by atoms with van der Waals surface area (Å²) in [4.78, 5) is 5.40. The molecule has 1 aromatic heterocycles. The van der Waals surface area contributed by atoms with Crippen LogP contribution >= 0.6 is 12.6 Å². The third-order valence-corrected chi connectivity index (χ3v) is 5.16. The maximum Gasteiger partial charge on any atom is 0.124 e. The molecule has 4 aromatic rings. The monoisotopic (exact) mass is 372 g/mol. The van der Waals surface area contributed by atoms with Gasteiger partial charge in [-0.3, -0.25) is 0 Å². The normalized spacial score (nSPS) is 10.4. The maximum absolute atomic E-state index is 5.66. The van der Waals surface area contributed by atoms with Gasteiger partial charge in [-0.05, 0) is 67.3 Å². The molecular weight excluding hydrogens is 348 g/mol. The number of thiol groups is 1. The van der Waals surface area contributed by atoms with Crippen LogP contribution in [0.5, 0.6) is 0 Å². The molecule has 0 amide bonds. The fourth-order valence-corrected chi connectivity index (χ4v) is 3.25. The lowest BCUT2D eigenvalue weighted by Gasteiger charge is -2.04. The van der Waals surface area contributed by atoms with Gasteiger partial charge in [-0.1, -0.05) is 54.1 Å². The van der Waals surface area contributed by atoms with E-state index in [2.05, 4.69) is 74.8 Å². The molecular formula is C24H24N2S. The van der Waals surface area contributed by atoms with Crippen LogP contribution in [-0.2, 0) is 0 Å². The Labute approximate surface area is 166 Å². The SMILES string of the molecule is Cc1cc(C)c(S)c(C)c1.Nc1ccc2cc(-c3ccccc3)ccc2n1. The van der Waals surface area contributed by atoms with Gasteiger partial charge in [0, 0.05) is 10.3 Å². The molecule has 0 radical (unpaired) electrons. The molecule has 27 heavy (non-hydrogen) atoms. The number of hydrogen-bond donors (Lipinski definition) is 2. The van der Waals surface area contributed by atoms with Crippen molar-refractivity contribution in [2.75, 3.05) is 5.73 Å². The molecule has 0 saturated heterocycles. The Hall–Kier alpha value is -2.78. The lowest BCUT2D eigenvalue weighted by atomic mass is 10.0. The Balaban J connectivity index is 0.000000180. The topological polar surface area (TPSA) is 38.9 Å². The quantitative estimate of drug-likeness (QED) is 0.380. The van der Waals surface area contributed by atoms with Crippen molar-refractivity contribution in [1.82, 2.24) is 4.98 Å². The van der Waals surface area contributed by atoms with Gasteiger partial charge in [0.15, 0.2) is 0 Å². The van der Waals surface area contributed by atoms with E-state index in [1.54, 1.807) is 0 Å². The molecule has 0 aliphatic heterocycles. The summed E-state index contributed by atoms with van der Waals surface area (Å²) >= 11 is 4.36. The first kappa shape index (κ1) is 19.0. The van der Waals surface area contributed by atoms with E-state index in [9.17, 15) is 0 Å². The number of nitrogen functional groups attached to an aromatic ring is 1. The molecule has 3 heteroatoms. The third kappa shape index (κ3) is 4.69. The number of fused-ring (bicyclic) bond motifs is 1. The summed E-state index contributed by atoms with van der Waals surface area (Å²) in [5, 5.41) is 1.11. The molecule has 4 rings (SSSR count). The first-order valence-electron chi connectivity index (χ1n) is 8.92. The Kier molecular flexibility index (Phi) is 5.82. The molecule has 0 aliphatic carbocycles. The van der Waals surface area contributed by atoms with Crippen LogP contribution in [0.2, 0.25) is 0 Å². The number of aromatic nitrogens is 1. The highest BCUT2D eigenvalue weighted by Crippen LogP contribution is 2.24. The summed E-state index contributed by atoms with van der Waals surface area (Å²) < 4.78 is 0. The van der Waals surface area contributed by atoms with Gasteiger partial charge < -0.3 is 5.73 Å². The van der Waals surface area contributed by atoms with E-state index >= 15 is 0 Å². The molecule has 0 spiro atoms. The van der Waals surface area contributed by atoms with Gasteiger partial charge in [-0.15, -0.1) is 12.6 Å². The summed E-state index contributed by atoms with van der Waals surface area (Å²) in [6, 6.07) is 24.7. The second-order valence-electron chi connectivity index (χ2n) is 6.76. The van der Waals surface area contributed by atoms with Gasteiger partial charge in [-0.25, -0.2) is 4.98 Å². The molecule has 0 aliphatic rings. The van der Waals surface area contributed by atoms with Crippen LogP contribution in [0.3, 0.4) is 0 Å². The highest BCUT2D eigenvalue weighted by molar-refractivity contribution is 7.80. The van der Waals surface area contributed by atoms with Gasteiger partial charge in [0.05, 0.1) is 5.52 Å². The Bertz CT molecular complexity index is 1050. The van der Waals surface area contributed by atoms with Crippen molar-refractivity contribution in [2.45, 2.75) is 25.7 Å². The highest BCUT2D eigenvalue weighted by Gasteiger charge is 2.00. The largest absolute Gasteiger partial charge is 0.384 e. The molecule has 0 saturated carbocycles. The van der Waals surface area contributed by atoms with Crippen LogP contribution in [0, 0.1) is 20.8 Å². The Morgan fingerprint density at radius 2 is 1.41 bits per heavy atom. The van der Waals surface area contributed by atoms with E-state index in [4.69, 9.17) is 5.73 Å². The summed E-state index contributed by atoms with van der Waals surface area (Å²) in [5.74, 6) is 0.560. The Morgan fingerprint density at radius 1 is 0.741 bits per heavy atom. The van der Waals surface area contributed by atoms with E-state index in [0.717, 1.165) is 15.8 Å². The van der Waals surface area contributed by atoms with Crippen molar-refractivity contribution < 1.29 is 0 Å². The summed E-state index contributed by atoms with van der Waals surface area (Å²) in [5.41, 5.74) is 12.9. The van der Waals surface area contributed by atoms with E-state index in [1.165, 1.54) is 27.8 Å². The molecule has 2 N–H and O–H groups in total. The highest BCUT2D eigenvalue weighted by atomic mass is 32.1. The van der Waals surface area contributed by atoms with Crippen molar-refractivity contribution in [1.29, 1.82) is 0 Å². The number of nitrogens with two attached hydrogens (primary N) is 1. The molecule has 0 unspecified atom stereocenters. The van der Waals surface area contributed by atoms with E-state index in [1.807, 2.05) is 36.4 Å². The van der Waals surface area contributed by atoms with Crippen LogP contribution in [0.15, 0.2) is 77.7 Å². The number of aryl methyl sites for hydroxylation is 3. The first-order chi connectivity index (χ1) is 12.9. The summed E-state index contributed by atoms with van der Waals surface area (Å²) in [6.45, 7) is 6.28. The van der Waals surface area contributed by atoms with Crippen LogP contribution in [0.25, 0.3) is 22.0 Å². The van der Waals surface area contributed by atoms with Crippen molar-refractivity contribution in [2.24, 2.45) is 0 Å². The summed E-state index contributed by atoms with van der Waals surface area (Å²) in [7, 11) is 0. The minimum atomic E-state index is 0.560. The average molecular weight is 373 g/mol. The predicted octanol–water partition coefficient (Wildman–Crippen LogP) is 6.38. The van der Waals surface area contributed by atoms with Crippen molar-refractivity contribution in [3.8, 4) is 11.1 Å². The minimum absolute atomic E-state index is 0.560. The van der Waals surface area contributed by atoms with Crippen LogP contribution in [0.4, 0.5) is 5.82 Å². The minimum Gasteiger partial charge on any atom is -0.384 e. The van der Waals surface area contributed by atoms with Crippen LogP contribution in [-0.4, -0.2) is 4.98 Å². The van der Waals surface area contributed by atoms with Gasteiger partial charge in [0.25, 0.3) is 0 Å². The standard InChI is InChI=1S/C15H12N2.C9H12S/c16-15-9-7-13-10-12(6-8-14(13)17-15)11-4-2-1-3-5-11;1-6-4-7(2)9(10)8(3)5-6/h1-10H,(H2,16,17);4-5,10H,1-3H3. The number of anilines is 1. The van der Waals surface area contributed by atoms with Crippen LogP contribution in [0.1, 0.15) is 16.7 Å². The second-order valence-corrected chi connectivity index (χ2v) is 7.20. The van der Waals surface area contributed by atoms with Gasteiger partial charge in [-0.2, -0.15) is 0 Å². The van der Waals surface area contributed by atoms with Gasteiger partial charge in [0.2, 0.25) is 0 Å². The fourth-order valence-electron chi connectivity index (χ4n) is 3.12. The fraction of sp³-hybridized carbons (Fsp3) is 0.125. The zero-order chi connectivity index (χ0) is 19.4. The average Bonchev–Trinajstić information content (AvgIpc) is 2.67. The third-order valence-electron chi connectivity index (χ3n) is 4.45. The molecule has 0 fully saturated rings. The zero-order valence-corrected chi connectivity index (χ0v) is 16.8. The number of rotatable bonds is 1. The second kappa shape index (κ2) is 8.28. The zero-order valence-electron chi connectivity index (χ0n) is 15.9. The lowest BCUT2D eigenvalue weighted by molar-refractivity contribution is 1.20. The Morgan fingerprint density at radius 3 is 2.07 bits per heavy atom. The summed E-state index contributed by atoms with van der Waals surface area (Å²) in [6.07, 6.45) is 0. The molecule has 3 aromatic carbocycles. The predicted molar refractivity (Wildman–Crippen MR) is 119 cm³/mol. The number of pyridine rings is 1. The molecule has 136 valence electrons. The smallest absolute Gasteiger partial charge is 0.124 e. The van der Waals surface area contributed by atoms with Crippen molar-refractivity contribution in [3.05, 3.63) is 89.5 Å². The van der Waals surface area contributed by atoms with E-state index < -0.39 is 0 Å². The van der Waals surface area contributed by atoms with Crippen LogP contribution < -0.4 is 5.73 Å². The maximum atomic E-state index is 5.66. The molecule has 2 nitrogen and oxygen atoms in total.